The molecule has 3 N–H and O–H groups in total. The van der Waals surface area contributed by atoms with E-state index in [2.05, 4.69) is 56.3 Å². The lowest BCUT2D eigenvalue weighted by Gasteiger charge is -2.36. The molecule has 0 aliphatic carbocycles. The van der Waals surface area contributed by atoms with E-state index in [1.807, 2.05) is 24.4 Å². The zero-order valence-corrected chi connectivity index (χ0v) is 19.6. The summed E-state index contributed by atoms with van der Waals surface area (Å²) in [6, 6.07) is 14.7. The Morgan fingerprint density at radius 2 is 1.97 bits per heavy atom. The van der Waals surface area contributed by atoms with Gasteiger partial charge in [-0.2, -0.15) is 0 Å². The molecule has 158 valence electrons. The molecule has 2 heterocycles. The first-order valence-corrected chi connectivity index (χ1v) is 10.2. The lowest BCUT2D eigenvalue weighted by molar-refractivity contribution is 0.256. The number of rotatable bonds is 8. The highest BCUT2D eigenvalue weighted by Crippen LogP contribution is 2.17. The molecule has 1 aliphatic heterocycles. The molecular weight excluding hydrogens is 475 g/mol. The number of aryl methyl sites for hydroxylation is 1. The molecule has 0 atom stereocenters. The average molecular weight is 508 g/mol. The summed E-state index contributed by atoms with van der Waals surface area (Å²) in [5.41, 5.74) is 9.68. The van der Waals surface area contributed by atoms with Gasteiger partial charge in [0.2, 0.25) is 0 Å². The second-order valence-electron chi connectivity index (χ2n) is 7.29. The third kappa shape index (κ3) is 8.18. The molecule has 0 radical (unpaired) electrons. The molecule has 1 aromatic carbocycles. The molecule has 1 saturated heterocycles. The van der Waals surface area contributed by atoms with E-state index in [1.54, 1.807) is 0 Å². The summed E-state index contributed by atoms with van der Waals surface area (Å²) in [7, 11) is 0. The molecule has 3 rings (SSSR count). The Hall–Kier alpha value is -1.87. The number of hydrogen-bond donors (Lipinski definition) is 2. The van der Waals surface area contributed by atoms with E-state index in [-0.39, 0.29) is 24.0 Å². The number of piperazine rings is 1. The van der Waals surface area contributed by atoms with E-state index < -0.39 is 0 Å². The van der Waals surface area contributed by atoms with Crippen molar-refractivity contribution in [2.75, 3.05) is 50.7 Å². The van der Waals surface area contributed by atoms with Crippen molar-refractivity contribution in [3.05, 3.63) is 59.9 Å². The van der Waals surface area contributed by atoms with Crippen LogP contribution in [0.25, 0.3) is 0 Å². The monoisotopic (exact) mass is 508 g/mol. The summed E-state index contributed by atoms with van der Waals surface area (Å²) in [5, 5.41) is 3.17. The zero-order chi connectivity index (χ0) is 19.6. The first-order valence-electron chi connectivity index (χ1n) is 10.2. The van der Waals surface area contributed by atoms with Gasteiger partial charge in [0.25, 0.3) is 0 Å². The molecule has 29 heavy (non-hydrogen) atoms. The van der Waals surface area contributed by atoms with Gasteiger partial charge in [-0.15, -0.1) is 24.0 Å². The third-order valence-electron chi connectivity index (χ3n) is 5.07. The SMILES string of the molecule is Cc1cccc(N2CCN(CCCN=C(N)NCCc3ccccn3)CC2)c1.I. The van der Waals surface area contributed by atoms with Crippen molar-refractivity contribution < 1.29 is 0 Å². The minimum atomic E-state index is 0. The van der Waals surface area contributed by atoms with Crippen LogP contribution in [-0.2, 0) is 6.42 Å². The first-order chi connectivity index (χ1) is 13.7. The standard InChI is InChI=1S/C22H32N6.HI/c1-19-6-4-8-21(18-19)28-16-14-27(15-17-28)13-5-11-25-22(23)26-12-9-20-7-2-3-10-24-20;/h2-4,6-8,10,18H,5,9,11-17H2,1H3,(H3,23,25,26);1H. The Balaban J connectivity index is 0.00000300. The number of benzene rings is 1. The van der Waals surface area contributed by atoms with Crippen molar-refractivity contribution >= 4 is 35.6 Å². The summed E-state index contributed by atoms with van der Waals surface area (Å²) in [6.07, 6.45) is 3.70. The Morgan fingerprint density at radius 3 is 2.69 bits per heavy atom. The summed E-state index contributed by atoms with van der Waals surface area (Å²) in [5.74, 6) is 0.528. The summed E-state index contributed by atoms with van der Waals surface area (Å²) >= 11 is 0. The van der Waals surface area contributed by atoms with Gasteiger partial charge >= 0.3 is 0 Å². The van der Waals surface area contributed by atoms with Crippen molar-refractivity contribution in [1.29, 1.82) is 0 Å². The van der Waals surface area contributed by atoms with Crippen LogP contribution in [0.3, 0.4) is 0 Å². The van der Waals surface area contributed by atoms with Crippen LogP contribution in [0.4, 0.5) is 5.69 Å². The van der Waals surface area contributed by atoms with E-state index in [0.717, 1.165) is 64.3 Å². The number of nitrogens with two attached hydrogens (primary N) is 1. The number of nitrogens with one attached hydrogen (secondary N) is 1. The average Bonchev–Trinajstić information content (AvgIpc) is 2.72. The number of aromatic nitrogens is 1. The van der Waals surface area contributed by atoms with Crippen molar-refractivity contribution in [3.8, 4) is 0 Å². The lowest BCUT2D eigenvalue weighted by atomic mass is 10.2. The number of halogens is 1. The fourth-order valence-electron chi connectivity index (χ4n) is 3.47. The number of nitrogens with zero attached hydrogens (tertiary/aromatic N) is 4. The van der Waals surface area contributed by atoms with Crippen LogP contribution < -0.4 is 16.0 Å². The molecule has 1 aromatic heterocycles. The quantitative estimate of drug-likeness (QED) is 0.249. The van der Waals surface area contributed by atoms with Crippen LogP contribution in [-0.4, -0.2) is 61.7 Å². The molecule has 7 heteroatoms. The summed E-state index contributed by atoms with van der Waals surface area (Å²) < 4.78 is 0. The van der Waals surface area contributed by atoms with Gasteiger partial charge in [0.1, 0.15) is 0 Å². The Labute approximate surface area is 191 Å². The maximum absolute atomic E-state index is 5.95. The Kier molecular flexibility index (Phi) is 10.2. The van der Waals surface area contributed by atoms with Gasteiger partial charge in [-0.05, 0) is 43.2 Å². The van der Waals surface area contributed by atoms with Gasteiger partial charge in [-0.25, -0.2) is 0 Å². The summed E-state index contributed by atoms with van der Waals surface area (Å²) in [4.78, 5) is 13.7. The minimum absolute atomic E-state index is 0. The molecule has 0 amide bonds. The molecule has 1 aliphatic rings. The predicted molar refractivity (Wildman–Crippen MR) is 132 cm³/mol. The Morgan fingerprint density at radius 1 is 1.14 bits per heavy atom. The van der Waals surface area contributed by atoms with Crippen molar-refractivity contribution in [2.24, 2.45) is 10.7 Å². The maximum Gasteiger partial charge on any atom is 0.188 e. The van der Waals surface area contributed by atoms with Gasteiger partial charge in [0.15, 0.2) is 5.96 Å². The number of hydrogen-bond acceptors (Lipinski definition) is 4. The van der Waals surface area contributed by atoms with Crippen LogP contribution in [0.5, 0.6) is 0 Å². The number of anilines is 1. The van der Waals surface area contributed by atoms with Crippen molar-refractivity contribution in [1.82, 2.24) is 15.2 Å². The number of aliphatic imine (C=N–C) groups is 1. The normalized spacial score (nSPS) is 15.1. The topological polar surface area (TPSA) is 69.8 Å². The molecule has 6 nitrogen and oxygen atoms in total. The fourth-order valence-corrected chi connectivity index (χ4v) is 3.47. The minimum Gasteiger partial charge on any atom is -0.370 e. The van der Waals surface area contributed by atoms with Crippen LogP contribution in [0.1, 0.15) is 17.7 Å². The highest BCUT2D eigenvalue weighted by Gasteiger charge is 2.16. The fraction of sp³-hybridized carbons (Fsp3) is 0.455. The van der Waals surface area contributed by atoms with E-state index in [0.29, 0.717) is 5.96 Å². The summed E-state index contributed by atoms with van der Waals surface area (Å²) in [6.45, 7) is 9.14. The predicted octanol–water partition coefficient (Wildman–Crippen LogP) is 2.67. The molecule has 0 unspecified atom stereocenters. The second kappa shape index (κ2) is 12.6. The first kappa shape index (κ1) is 23.4. The van der Waals surface area contributed by atoms with Crippen LogP contribution in [0, 0.1) is 6.92 Å². The van der Waals surface area contributed by atoms with E-state index in [4.69, 9.17) is 5.73 Å². The van der Waals surface area contributed by atoms with E-state index in [9.17, 15) is 0 Å². The Bertz CT molecular complexity index is 744. The number of guanidine groups is 1. The number of pyridine rings is 1. The molecule has 0 spiro atoms. The van der Waals surface area contributed by atoms with Gasteiger partial charge in [0, 0.05) is 69.8 Å². The van der Waals surface area contributed by atoms with Crippen molar-refractivity contribution in [2.45, 2.75) is 19.8 Å². The van der Waals surface area contributed by atoms with E-state index in [1.165, 1.54) is 11.3 Å². The van der Waals surface area contributed by atoms with Gasteiger partial charge < -0.3 is 16.0 Å². The van der Waals surface area contributed by atoms with Gasteiger partial charge in [-0.1, -0.05) is 18.2 Å². The van der Waals surface area contributed by atoms with Crippen LogP contribution >= 0.6 is 24.0 Å². The molecule has 2 aromatic rings. The van der Waals surface area contributed by atoms with Gasteiger partial charge in [0.05, 0.1) is 0 Å². The molecule has 0 bridgehead atoms. The lowest BCUT2D eigenvalue weighted by Crippen LogP contribution is -2.46. The maximum atomic E-state index is 5.95. The smallest absolute Gasteiger partial charge is 0.188 e. The highest BCUT2D eigenvalue weighted by atomic mass is 127. The molecular formula is C22H33IN6. The van der Waals surface area contributed by atoms with E-state index >= 15 is 0 Å². The zero-order valence-electron chi connectivity index (χ0n) is 17.3. The van der Waals surface area contributed by atoms with Crippen LogP contribution in [0.2, 0.25) is 0 Å². The highest BCUT2D eigenvalue weighted by molar-refractivity contribution is 14.0. The van der Waals surface area contributed by atoms with Crippen LogP contribution in [0.15, 0.2) is 53.7 Å². The third-order valence-corrected chi connectivity index (χ3v) is 5.07. The molecule has 0 saturated carbocycles. The molecule has 1 fully saturated rings. The second-order valence-corrected chi connectivity index (χ2v) is 7.29. The van der Waals surface area contributed by atoms with Crippen molar-refractivity contribution in [3.63, 3.8) is 0 Å². The van der Waals surface area contributed by atoms with Gasteiger partial charge in [-0.3, -0.25) is 14.9 Å². The largest absolute Gasteiger partial charge is 0.370 e.